The highest BCUT2D eigenvalue weighted by molar-refractivity contribution is 4.80. The molecule has 16 heavy (non-hydrogen) atoms. The van der Waals surface area contributed by atoms with Crippen molar-refractivity contribution in [2.45, 2.75) is 70.9 Å². The van der Waals surface area contributed by atoms with E-state index in [2.05, 4.69) is 31.1 Å². The van der Waals surface area contributed by atoms with Crippen molar-refractivity contribution in [2.24, 2.45) is 0 Å². The van der Waals surface area contributed by atoms with E-state index in [1.807, 2.05) is 0 Å². The van der Waals surface area contributed by atoms with Gasteiger partial charge in [-0.15, -0.1) is 0 Å². The molecule has 0 heterocycles. The number of rotatable bonds is 10. The van der Waals surface area contributed by atoms with Gasteiger partial charge in [-0.3, -0.25) is 0 Å². The van der Waals surface area contributed by atoms with Gasteiger partial charge in [-0.05, 0) is 59.2 Å². The standard InChI is InChI=1S/C14H30N2/c1-4-8-13(2)16(3)12-7-5-6-11-15-14-9-10-14/h13-15H,4-12H2,1-3H3. The Hall–Kier alpha value is -0.0800. The summed E-state index contributed by atoms with van der Waals surface area (Å²) in [6.07, 6.45) is 9.55. The van der Waals surface area contributed by atoms with Crippen LogP contribution >= 0.6 is 0 Å². The van der Waals surface area contributed by atoms with Crippen LogP contribution in [0.4, 0.5) is 0 Å². The third-order valence-corrected chi connectivity index (χ3v) is 3.66. The van der Waals surface area contributed by atoms with Gasteiger partial charge in [0.05, 0.1) is 0 Å². The first-order valence-corrected chi connectivity index (χ1v) is 7.17. The van der Waals surface area contributed by atoms with Crippen molar-refractivity contribution in [3.05, 3.63) is 0 Å². The fraction of sp³-hybridized carbons (Fsp3) is 1.00. The van der Waals surface area contributed by atoms with Crippen molar-refractivity contribution in [3.8, 4) is 0 Å². The second-order valence-electron chi connectivity index (χ2n) is 5.41. The number of hydrogen-bond acceptors (Lipinski definition) is 2. The molecule has 0 bridgehead atoms. The molecule has 1 unspecified atom stereocenters. The number of nitrogens with one attached hydrogen (secondary N) is 1. The molecular weight excluding hydrogens is 196 g/mol. The zero-order valence-electron chi connectivity index (χ0n) is 11.5. The smallest absolute Gasteiger partial charge is 0.00682 e. The molecular formula is C14H30N2. The fourth-order valence-corrected chi connectivity index (χ4v) is 2.12. The minimum Gasteiger partial charge on any atom is -0.314 e. The van der Waals surface area contributed by atoms with Crippen LogP contribution in [0.3, 0.4) is 0 Å². The summed E-state index contributed by atoms with van der Waals surface area (Å²) in [5.41, 5.74) is 0. The topological polar surface area (TPSA) is 15.3 Å². The van der Waals surface area contributed by atoms with Crippen molar-refractivity contribution in [1.29, 1.82) is 0 Å². The fourth-order valence-electron chi connectivity index (χ4n) is 2.12. The van der Waals surface area contributed by atoms with E-state index >= 15 is 0 Å². The highest BCUT2D eigenvalue weighted by Gasteiger charge is 2.19. The third-order valence-electron chi connectivity index (χ3n) is 3.66. The van der Waals surface area contributed by atoms with Gasteiger partial charge in [0.25, 0.3) is 0 Å². The Morgan fingerprint density at radius 1 is 1.25 bits per heavy atom. The maximum atomic E-state index is 3.57. The lowest BCUT2D eigenvalue weighted by Crippen LogP contribution is -2.29. The van der Waals surface area contributed by atoms with E-state index in [0.717, 1.165) is 12.1 Å². The predicted molar refractivity (Wildman–Crippen MR) is 71.9 cm³/mol. The molecule has 1 N–H and O–H groups in total. The summed E-state index contributed by atoms with van der Waals surface area (Å²) >= 11 is 0. The molecule has 0 aromatic carbocycles. The monoisotopic (exact) mass is 226 g/mol. The van der Waals surface area contributed by atoms with Gasteiger partial charge in [-0.2, -0.15) is 0 Å². The maximum Gasteiger partial charge on any atom is 0.00682 e. The average Bonchev–Trinajstić information content (AvgIpc) is 3.07. The van der Waals surface area contributed by atoms with E-state index in [1.54, 1.807) is 0 Å². The minimum atomic E-state index is 0.759. The van der Waals surface area contributed by atoms with E-state index in [0.29, 0.717) is 0 Å². The minimum absolute atomic E-state index is 0.759. The van der Waals surface area contributed by atoms with Crippen LogP contribution in [0.1, 0.15) is 58.8 Å². The van der Waals surface area contributed by atoms with Crippen LogP contribution in [0.15, 0.2) is 0 Å². The number of nitrogens with zero attached hydrogens (tertiary/aromatic N) is 1. The molecule has 2 heteroatoms. The summed E-state index contributed by atoms with van der Waals surface area (Å²) in [4.78, 5) is 2.51. The first-order valence-electron chi connectivity index (χ1n) is 7.17. The van der Waals surface area contributed by atoms with Gasteiger partial charge in [0.1, 0.15) is 0 Å². The van der Waals surface area contributed by atoms with Crippen LogP contribution in [0.5, 0.6) is 0 Å². The van der Waals surface area contributed by atoms with Gasteiger partial charge >= 0.3 is 0 Å². The second-order valence-corrected chi connectivity index (χ2v) is 5.41. The van der Waals surface area contributed by atoms with E-state index in [4.69, 9.17) is 0 Å². The SMILES string of the molecule is CCCC(C)N(C)CCCCCNC1CC1. The van der Waals surface area contributed by atoms with E-state index in [-0.39, 0.29) is 0 Å². The molecule has 1 aliphatic rings. The van der Waals surface area contributed by atoms with E-state index in [9.17, 15) is 0 Å². The Morgan fingerprint density at radius 3 is 2.62 bits per heavy atom. The molecule has 0 aliphatic heterocycles. The molecule has 1 atom stereocenters. The zero-order chi connectivity index (χ0) is 11.8. The van der Waals surface area contributed by atoms with Crippen molar-refractivity contribution >= 4 is 0 Å². The van der Waals surface area contributed by atoms with Gasteiger partial charge in [0, 0.05) is 12.1 Å². The van der Waals surface area contributed by atoms with Crippen LogP contribution in [-0.4, -0.2) is 37.1 Å². The lowest BCUT2D eigenvalue weighted by molar-refractivity contribution is 0.239. The average molecular weight is 226 g/mol. The summed E-state index contributed by atoms with van der Waals surface area (Å²) < 4.78 is 0. The van der Waals surface area contributed by atoms with Crippen molar-refractivity contribution in [3.63, 3.8) is 0 Å². The number of unbranched alkanes of at least 4 members (excludes halogenated alkanes) is 2. The first kappa shape index (κ1) is 14.0. The zero-order valence-corrected chi connectivity index (χ0v) is 11.5. The van der Waals surface area contributed by atoms with Crippen LogP contribution in [0.2, 0.25) is 0 Å². The molecule has 1 saturated carbocycles. The highest BCUT2D eigenvalue weighted by Crippen LogP contribution is 2.18. The van der Waals surface area contributed by atoms with Crippen LogP contribution in [0.25, 0.3) is 0 Å². The van der Waals surface area contributed by atoms with Gasteiger partial charge in [0.15, 0.2) is 0 Å². The highest BCUT2D eigenvalue weighted by atomic mass is 15.1. The van der Waals surface area contributed by atoms with Crippen molar-refractivity contribution in [2.75, 3.05) is 20.1 Å². The summed E-state index contributed by atoms with van der Waals surface area (Å²) in [6, 6.07) is 1.64. The Kier molecular flexibility index (Phi) is 7.06. The maximum absolute atomic E-state index is 3.57. The third kappa shape index (κ3) is 6.49. The molecule has 96 valence electrons. The molecule has 1 aliphatic carbocycles. The summed E-state index contributed by atoms with van der Waals surface area (Å²) in [5.74, 6) is 0. The molecule has 0 aromatic heterocycles. The van der Waals surface area contributed by atoms with E-state index < -0.39 is 0 Å². The Balaban J connectivity index is 1.84. The molecule has 0 saturated heterocycles. The largest absolute Gasteiger partial charge is 0.314 e. The van der Waals surface area contributed by atoms with Gasteiger partial charge in [-0.25, -0.2) is 0 Å². The first-order chi connectivity index (χ1) is 7.74. The quantitative estimate of drug-likeness (QED) is 0.576. The predicted octanol–water partition coefficient (Wildman–Crippen LogP) is 3.03. The lowest BCUT2D eigenvalue weighted by atomic mass is 10.1. The molecule has 0 aromatic rings. The summed E-state index contributed by atoms with van der Waals surface area (Å²) in [7, 11) is 2.27. The summed E-state index contributed by atoms with van der Waals surface area (Å²) in [5, 5.41) is 3.57. The molecule has 0 radical (unpaired) electrons. The lowest BCUT2D eigenvalue weighted by Gasteiger charge is -2.24. The molecule has 0 amide bonds. The Labute approximate surface area is 102 Å². The second kappa shape index (κ2) is 8.08. The van der Waals surface area contributed by atoms with Gasteiger partial charge in [-0.1, -0.05) is 19.8 Å². The molecule has 1 rings (SSSR count). The van der Waals surface area contributed by atoms with Crippen molar-refractivity contribution in [1.82, 2.24) is 10.2 Å². The van der Waals surface area contributed by atoms with Crippen LogP contribution in [-0.2, 0) is 0 Å². The van der Waals surface area contributed by atoms with Gasteiger partial charge in [0.2, 0.25) is 0 Å². The normalized spacial score (nSPS) is 18.0. The van der Waals surface area contributed by atoms with Crippen molar-refractivity contribution < 1.29 is 0 Å². The van der Waals surface area contributed by atoms with Crippen LogP contribution < -0.4 is 5.32 Å². The molecule has 1 fully saturated rings. The van der Waals surface area contributed by atoms with Crippen LogP contribution in [0, 0.1) is 0 Å². The Bertz CT molecular complexity index is 166. The van der Waals surface area contributed by atoms with Gasteiger partial charge < -0.3 is 10.2 Å². The van der Waals surface area contributed by atoms with E-state index in [1.165, 1.54) is 58.0 Å². The Morgan fingerprint density at radius 2 is 2.00 bits per heavy atom. The summed E-state index contributed by atoms with van der Waals surface area (Å²) in [6.45, 7) is 7.12. The molecule has 2 nitrogen and oxygen atoms in total. The molecule has 0 spiro atoms. The number of hydrogen-bond donors (Lipinski definition) is 1.